The van der Waals surface area contributed by atoms with Crippen molar-refractivity contribution < 1.29 is 24.0 Å². The van der Waals surface area contributed by atoms with Gasteiger partial charge >= 0.3 is 5.97 Å². The lowest BCUT2D eigenvalue weighted by molar-refractivity contribution is -0.146. The molecular weight excluding hydrogens is 492 g/mol. The molecule has 206 valence electrons. The van der Waals surface area contributed by atoms with Crippen molar-refractivity contribution in [2.45, 2.75) is 70.6 Å². The van der Waals surface area contributed by atoms with Gasteiger partial charge in [0, 0.05) is 12.8 Å². The first-order valence-electron chi connectivity index (χ1n) is 13.6. The van der Waals surface area contributed by atoms with Crippen molar-refractivity contribution in [2.24, 2.45) is 0 Å². The molecule has 7 heteroatoms. The van der Waals surface area contributed by atoms with E-state index in [0.29, 0.717) is 6.42 Å². The molecule has 3 aromatic carbocycles. The molecule has 0 unspecified atom stereocenters. The van der Waals surface area contributed by atoms with E-state index in [-0.39, 0.29) is 32.0 Å². The van der Waals surface area contributed by atoms with Crippen molar-refractivity contribution >= 4 is 17.8 Å². The number of benzene rings is 3. The molecule has 0 bridgehead atoms. The molecule has 0 aliphatic carbocycles. The molecule has 3 aromatic rings. The molecule has 39 heavy (non-hydrogen) atoms. The van der Waals surface area contributed by atoms with Crippen LogP contribution in [0.2, 0.25) is 0 Å². The Hall–Kier alpha value is -3.97. The molecule has 0 saturated carbocycles. The normalized spacial score (nSPS) is 11.4. The summed E-state index contributed by atoms with van der Waals surface area (Å²) in [5.41, 5.74) is 5.51. The molecule has 0 aliphatic rings. The highest BCUT2D eigenvalue weighted by Gasteiger charge is 2.22. The number of hydroxylamine groups is 1. The summed E-state index contributed by atoms with van der Waals surface area (Å²) < 4.78 is 5.32. The second-order valence-corrected chi connectivity index (χ2v) is 9.45. The van der Waals surface area contributed by atoms with Gasteiger partial charge in [0.2, 0.25) is 5.91 Å². The number of unbranched alkanes of at least 4 members (excludes halogenated alkanes) is 3. The van der Waals surface area contributed by atoms with E-state index >= 15 is 0 Å². The maximum absolute atomic E-state index is 12.8. The van der Waals surface area contributed by atoms with Crippen molar-refractivity contribution in [1.82, 2.24) is 10.8 Å². The first-order chi connectivity index (χ1) is 19.1. The Bertz CT molecular complexity index is 1120. The Morgan fingerprint density at radius 2 is 1.21 bits per heavy atom. The van der Waals surface area contributed by atoms with Gasteiger partial charge in [-0.1, -0.05) is 104 Å². The lowest BCUT2D eigenvalue weighted by Gasteiger charge is -2.18. The van der Waals surface area contributed by atoms with Crippen molar-refractivity contribution in [2.75, 3.05) is 0 Å². The lowest BCUT2D eigenvalue weighted by atomic mass is 10.1. The Morgan fingerprint density at radius 1 is 0.641 bits per heavy atom. The first kappa shape index (κ1) is 29.6. The fourth-order valence-corrected chi connectivity index (χ4v) is 4.06. The predicted octanol–water partition coefficient (Wildman–Crippen LogP) is 5.44. The molecule has 0 aromatic heterocycles. The van der Waals surface area contributed by atoms with Gasteiger partial charge in [-0.25, -0.2) is 5.48 Å². The molecular formula is C32H38N2O5. The summed E-state index contributed by atoms with van der Waals surface area (Å²) in [6.07, 6.45) is 5.21. The maximum atomic E-state index is 12.8. The van der Waals surface area contributed by atoms with Gasteiger partial charge in [0.1, 0.15) is 12.6 Å². The molecule has 0 spiro atoms. The van der Waals surface area contributed by atoms with E-state index < -0.39 is 17.9 Å². The molecule has 2 N–H and O–H groups in total. The van der Waals surface area contributed by atoms with Crippen molar-refractivity contribution in [1.29, 1.82) is 0 Å². The number of rotatable bonds is 17. The summed E-state index contributed by atoms with van der Waals surface area (Å²) in [7, 11) is 0. The van der Waals surface area contributed by atoms with Gasteiger partial charge in [-0.2, -0.15) is 0 Å². The molecule has 0 aliphatic heterocycles. The van der Waals surface area contributed by atoms with Gasteiger partial charge in [0.25, 0.3) is 5.91 Å². The monoisotopic (exact) mass is 530 g/mol. The molecule has 0 saturated heterocycles. The van der Waals surface area contributed by atoms with Crippen LogP contribution in [0.25, 0.3) is 0 Å². The second kappa shape index (κ2) is 17.5. The van der Waals surface area contributed by atoms with Crippen LogP contribution in [0.5, 0.6) is 0 Å². The SMILES string of the molecule is O=C(CCCCCCc1ccccc1)N[C@H](CCC(=O)OCc1ccccc1)C(=O)NOCc1ccccc1. The highest BCUT2D eigenvalue weighted by Crippen LogP contribution is 2.10. The van der Waals surface area contributed by atoms with Gasteiger partial charge in [-0.05, 0) is 42.4 Å². The fourth-order valence-electron chi connectivity index (χ4n) is 4.06. The summed E-state index contributed by atoms with van der Waals surface area (Å²) in [6.45, 7) is 0.350. The summed E-state index contributed by atoms with van der Waals surface area (Å²) in [5, 5.41) is 2.77. The number of amides is 2. The zero-order chi connectivity index (χ0) is 27.5. The summed E-state index contributed by atoms with van der Waals surface area (Å²) >= 11 is 0. The number of esters is 1. The average molecular weight is 531 g/mol. The minimum Gasteiger partial charge on any atom is -0.461 e. The van der Waals surface area contributed by atoms with Crippen LogP contribution in [-0.4, -0.2) is 23.8 Å². The largest absolute Gasteiger partial charge is 0.461 e. The van der Waals surface area contributed by atoms with E-state index in [0.717, 1.165) is 43.2 Å². The van der Waals surface area contributed by atoms with Crippen LogP contribution in [0.4, 0.5) is 0 Å². The molecule has 2 amide bonds. The molecule has 0 heterocycles. The van der Waals surface area contributed by atoms with Gasteiger partial charge in [-0.15, -0.1) is 0 Å². The molecule has 0 radical (unpaired) electrons. The van der Waals surface area contributed by atoms with E-state index in [9.17, 15) is 14.4 Å². The Kier molecular flexibility index (Phi) is 13.3. The fraction of sp³-hybridized carbons (Fsp3) is 0.344. The van der Waals surface area contributed by atoms with Crippen LogP contribution in [0.3, 0.4) is 0 Å². The van der Waals surface area contributed by atoms with Crippen LogP contribution in [0.15, 0.2) is 91.0 Å². The van der Waals surface area contributed by atoms with Crippen LogP contribution in [0, 0.1) is 0 Å². The van der Waals surface area contributed by atoms with Crippen molar-refractivity contribution in [3.8, 4) is 0 Å². The Labute approximate surface area is 230 Å². The van der Waals surface area contributed by atoms with Crippen LogP contribution in [-0.2, 0) is 43.6 Å². The zero-order valence-corrected chi connectivity index (χ0v) is 22.3. The number of aryl methyl sites for hydroxylation is 1. The van der Waals surface area contributed by atoms with Crippen molar-refractivity contribution in [3.05, 3.63) is 108 Å². The van der Waals surface area contributed by atoms with Crippen LogP contribution >= 0.6 is 0 Å². The van der Waals surface area contributed by atoms with E-state index in [1.165, 1.54) is 5.56 Å². The predicted molar refractivity (Wildman–Crippen MR) is 150 cm³/mol. The molecule has 7 nitrogen and oxygen atoms in total. The number of carbonyl (C=O) groups excluding carboxylic acids is 3. The molecule has 0 fully saturated rings. The smallest absolute Gasteiger partial charge is 0.306 e. The lowest BCUT2D eigenvalue weighted by Crippen LogP contribution is -2.46. The van der Waals surface area contributed by atoms with Gasteiger partial charge in [0.15, 0.2) is 0 Å². The number of carbonyl (C=O) groups is 3. The number of nitrogens with one attached hydrogen (secondary N) is 2. The Balaban J connectivity index is 1.41. The van der Waals surface area contributed by atoms with Gasteiger partial charge in [-0.3, -0.25) is 19.2 Å². The number of ether oxygens (including phenoxy) is 1. The van der Waals surface area contributed by atoms with Crippen LogP contribution < -0.4 is 10.8 Å². The first-order valence-corrected chi connectivity index (χ1v) is 13.6. The summed E-state index contributed by atoms with van der Waals surface area (Å²) in [4.78, 5) is 43.1. The third-order valence-corrected chi connectivity index (χ3v) is 6.25. The summed E-state index contributed by atoms with van der Waals surface area (Å²) in [5.74, 6) is -1.16. The maximum Gasteiger partial charge on any atom is 0.306 e. The van der Waals surface area contributed by atoms with Crippen molar-refractivity contribution in [3.63, 3.8) is 0 Å². The quantitative estimate of drug-likeness (QED) is 0.138. The molecule has 1 atom stereocenters. The van der Waals surface area contributed by atoms with E-state index in [1.54, 1.807) is 0 Å². The van der Waals surface area contributed by atoms with E-state index in [4.69, 9.17) is 9.57 Å². The van der Waals surface area contributed by atoms with E-state index in [1.807, 2.05) is 78.9 Å². The minimum absolute atomic E-state index is 0.0105. The van der Waals surface area contributed by atoms with Gasteiger partial charge < -0.3 is 10.1 Å². The third-order valence-electron chi connectivity index (χ3n) is 6.25. The van der Waals surface area contributed by atoms with E-state index in [2.05, 4.69) is 22.9 Å². The van der Waals surface area contributed by atoms with Crippen LogP contribution in [0.1, 0.15) is 61.6 Å². The topological polar surface area (TPSA) is 93.7 Å². The number of hydrogen-bond acceptors (Lipinski definition) is 5. The Morgan fingerprint density at radius 3 is 1.85 bits per heavy atom. The second-order valence-electron chi connectivity index (χ2n) is 9.45. The highest BCUT2D eigenvalue weighted by molar-refractivity contribution is 5.87. The van der Waals surface area contributed by atoms with Gasteiger partial charge in [0.05, 0.1) is 6.61 Å². The highest BCUT2D eigenvalue weighted by atomic mass is 16.6. The minimum atomic E-state index is -0.907. The third kappa shape index (κ3) is 12.4. The number of hydrogen-bond donors (Lipinski definition) is 2. The standard InChI is InChI=1S/C32H38N2O5/c35-30(21-13-2-1-6-14-26-15-7-3-8-16-26)33-29(32(37)34-39-25-28-19-11-5-12-20-28)22-23-31(36)38-24-27-17-9-4-10-18-27/h3-5,7-12,15-20,29H,1-2,6,13-14,21-25H2,(H,33,35)(H,34,37)/t29-/m1/s1. The average Bonchev–Trinajstić information content (AvgIpc) is 2.97. The summed E-state index contributed by atoms with van der Waals surface area (Å²) in [6, 6.07) is 28.2. The molecule has 3 rings (SSSR count). The zero-order valence-electron chi connectivity index (χ0n) is 22.3.